The lowest BCUT2D eigenvalue weighted by atomic mass is 9.79. The van der Waals surface area contributed by atoms with Gasteiger partial charge in [0.2, 0.25) is 5.82 Å². The molecule has 1 fully saturated rings. The van der Waals surface area contributed by atoms with E-state index in [0.717, 1.165) is 31.2 Å². The molecular weight excluding hydrogens is 465 g/mol. The number of hydrogen-bond acceptors (Lipinski definition) is 3. The van der Waals surface area contributed by atoms with E-state index in [2.05, 4.69) is 6.58 Å². The molecule has 0 spiro atoms. The number of benzene rings is 3. The number of halogens is 3. The van der Waals surface area contributed by atoms with Crippen LogP contribution in [0.5, 0.6) is 11.5 Å². The van der Waals surface area contributed by atoms with Crippen LogP contribution in [0.1, 0.15) is 55.8 Å². The van der Waals surface area contributed by atoms with E-state index in [0.29, 0.717) is 17.7 Å². The summed E-state index contributed by atoms with van der Waals surface area (Å²) in [5.74, 6) is -1.75. The fourth-order valence-electron chi connectivity index (χ4n) is 4.71. The second-order valence-electron chi connectivity index (χ2n) is 9.36. The molecule has 36 heavy (non-hydrogen) atoms. The van der Waals surface area contributed by atoms with Crippen LogP contribution in [0.15, 0.2) is 67.3 Å². The van der Waals surface area contributed by atoms with Gasteiger partial charge in [-0.25, -0.2) is 8.78 Å². The third kappa shape index (κ3) is 5.93. The van der Waals surface area contributed by atoms with Crippen molar-refractivity contribution in [3.63, 3.8) is 0 Å². The number of ether oxygens (including phenoxy) is 2. The summed E-state index contributed by atoms with van der Waals surface area (Å²) < 4.78 is 54.8. The van der Waals surface area contributed by atoms with Gasteiger partial charge in [-0.05, 0) is 85.4 Å². The summed E-state index contributed by atoms with van der Waals surface area (Å²) in [7, 11) is 0. The Morgan fingerprint density at radius 3 is 2.25 bits per heavy atom. The Balaban J connectivity index is 1.33. The van der Waals surface area contributed by atoms with Crippen LogP contribution in [0.2, 0.25) is 0 Å². The monoisotopic (exact) mass is 496 g/mol. The summed E-state index contributed by atoms with van der Waals surface area (Å²) >= 11 is 0. The molecule has 6 heteroatoms. The lowest BCUT2D eigenvalue weighted by Crippen LogP contribution is -2.19. The topological polar surface area (TPSA) is 38.7 Å². The first-order valence-electron chi connectivity index (χ1n) is 12.3. The van der Waals surface area contributed by atoms with Crippen LogP contribution in [0.25, 0.3) is 11.1 Å². The van der Waals surface area contributed by atoms with Crippen molar-refractivity contribution in [2.45, 2.75) is 44.6 Å². The lowest BCUT2D eigenvalue weighted by molar-refractivity contribution is 0.192. The molecule has 3 aromatic carbocycles. The van der Waals surface area contributed by atoms with E-state index in [9.17, 15) is 18.3 Å². The van der Waals surface area contributed by atoms with E-state index in [1.807, 2.05) is 6.07 Å². The molecule has 1 unspecified atom stereocenters. The first-order valence-corrected chi connectivity index (χ1v) is 12.3. The van der Waals surface area contributed by atoms with Crippen LogP contribution in [-0.2, 0) is 0 Å². The summed E-state index contributed by atoms with van der Waals surface area (Å²) in [4.78, 5) is 0. The highest BCUT2D eigenvalue weighted by Crippen LogP contribution is 2.38. The van der Waals surface area contributed by atoms with Gasteiger partial charge in [-0.1, -0.05) is 43.0 Å². The number of aliphatic hydroxyl groups excluding tert-OH is 1. The van der Waals surface area contributed by atoms with Gasteiger partial charge in [0, 0.05) is 5.56 Å². The van der Waals surface area contributed by atoms with Crippen LogP contribution in [-0.4, -0.2) is 18.3 Å². The van der Waals surface area contributed by atoms with E-state index in [1.165, 1.54) is 18.2 Å². The van der Waals surface area contributed by atoms with Crippen LogP contribution in [0.4, 0.5) is 13.2 Å². The minimum absolute atomic E-state index is 0.101. The van der Waals surface area contributed by atoms with Gasteiger partial charge in [0.15, 0.2) is 23.1 Å². The predicted molar refractivity (Wildman–Crippen MR) is 135 cm³/mol. The third-order valence-electron chi connectivity index (χ3n) is 6.86. The second kappa shape index (κ2) is 11.7. The molecule has 0 aromatic heterocycles. The Hall–Kier alpha value is -3.25. The average Bonchev–Trinajstić information content (AvgIpc) is 2.89. The number of rotatable bonds is 9. The van der Waals surface area contributed by atoms with Crippen molar-refractivity contribution in [2.75, 3.05) is 13.2 Å². The Labute approximate surface area is 210 Å². The van der Waals surface area contributed by atoms with Crippen molar-refractivity contribution in [2.24, 2.45) is 5.92 Å². The molecule has 0 bridgehead atoms. The largest absolute Gasteiger partial charge is 0.490 e. The van der Waals surface area contributed by atoms with Crippen molar-refractivity contribution >= 4 is 0 Å². The first kappa shape index (κ1) is 25.8. The van der Waals surface area contributed by atoms with Gasteiger partial charge >= 0.3 is 0 Å². The Morgan fingerprint density at radius 1 is 0.917 bits per heavy atom. The highest BCUT2D eigenvalue weighted by molar-refractivity contribution is 5.65. The molecule has 0 amide bonds. The van der Waals surface area contributed by atoms with Gasteiger partial charge in [0.05, 0.1) is 12.7 Å². The van der Waals surface area contributed by atoms with Gasteiger partial charge in [-0.3, -0.25) is 0 Å². The van der Waals surface area contributed by atoms with Crippen molar-refractivity contribution in [1.82, 2.24) is 0 Å². The molecule has 1 N–H and O–H groups in total. The van der Waals surface area contributed by atoms with E-state index in [-0.39, 0.29) is 41.3 Å². The third-order valence-corrected chi connectivity index (χ3v) is 6.86. The predicted octanol–water partition coefficient (Wildman–Crippen LogP) is 7.74. The Bertz CT molecular complexity index is 1180. The summed E-state index contributed by atoms with van der Waals surface area (Å²) in [6, 6.07) is 14.8. The molecule has 0 heterocycles. The average molecular weight is 497 g/mol. The minimum Gasteiger partial charge on any atom is -0.490 e. The summed E-state index contributed by atoms with van der Waals surface area (Å²) in [5.41, 5.74) is 2.32. The zero-order valence-corrected chi connectivity index (χ0v) is 20.4. The molecule has 0 aliphatic heterocycles. The molecule has 3 nitrogen and oxygen atoms in total. The fraction of sp³-hybridized carbons (Fsp3) is 0.333. The molecule has 0 saturated heterocycles. The van der Waals surface area contributed by atoms with E-state index >= 15 is 0 Å². The molecule has 1 aliphatic carbocycles. The Morgan fingerprint density at radius 2 is 1.61 bits per heavy atom. The molecule has 1 aliphatic rings. The zero-order valence-electron chi connectivity index (χ0n) is 20.4. The van der Waals surface area contributed by atoms with Crippen LogP contribution in [0.3, 0.4) is 0 Å². The smallest absolute Gasteiger partial charge is 0.201 e. The fourth-order valence-corrected chi connectivity index (χ4v) is 4.71. The normalized spacial score (nSPS) is 18.5. The minimum atomic E-state index is -1.00. The zero-order chi connectivity index (χ0) is 25.7. The quantitative estimate of drug-likeness (QED) is 0.308. The maximum absolute atomic E-state index is 14.8. The maximum Gasteiger partial charge on any atom is 0.201 e. The second-order valence-corrected chi connectivity index (χ2v) is 9.36. The number of hydrogen-bond donors (Lipinski definition) is 1. The van der Waals surface area contributed by atoms with Crippen LogP contribution in [0, 0.1) is 23.4 Å². The molecule has 190 valence electrons. The number of aliphatic hydroxyl groups is 1. The molecule has 1 saturated carbocycles. The van der Waals surface area contributed by atoms with Gasteiger partial charge in [0.25, 0.3) is 0 Å². The molecule has 1 atom stereocenters. The van der Waals surface area contributed by atoms with Gasteiger partial charge in [-0.2, -0.15) is 4.39 Å². The van der Waals surface area contributed by atoms with Gasteiger partial charge in [-0.15, -0.1) is 0 Å². The molecule has 3 aromatic rings. The summed E-state index contributed by atoms with van der Waals surface area (Å²) in [6.45, 7) is 5.77. The highest BCUT2D eigenvalue weighted by atomic mass is 19.2. The summed E-state index contributed by atoms with van der Waals surface area (Å²) in [6.07, 6.45) is 4.41. The van der Waals surface area contributed by atoms with E-state index < -0.39 is 17.7 Å². The molecule has 4 rings (SSSR count). The lowest BCUT2D eigenvalue weighted by Gasteiger charge is -2.29. The summed E-state index contributed by atoms with van der Waals surface area (Å²) in [5, 5.41) is 9.63. The van der Waals surface area contributed by atoms with Crippen LogP contribution >= 0.6 is 0 Å². The van der Waals surface area contributed by atoms with Crippen molar-refractivity contribution in [3.05, 3.63) is 95.8 Å². The van der Waals surface area contributed by atoms with Crippen LogP contribution < -0.4 is 9.47 Å². The SMILES string of the molecule is C=CCOc1ccc(C2CCC(COc3ccc(-c4ccc(C(C)O)cc4)c(F)c3F)CC2)cc1F. The molecule has 0 radical (unpaired) electrons. The van der Waals surface area contributed by atoms with Crippen molar-refractivity contribution in [1.29, 1.82) is 0 Å². The molecular formula is C30H31F3O3. The van der Waals surface area contributed by atoms with Crippen molar-refractivity contribution in [3.8, 4) is 22.6 Å². The van der Waals surface area contributed by atoms with Gasteiger partial charge < -0.3 is 14.6 Å². The van der Waals surface area contributed by atoms with E-state index in [4.69, 9.17) is 9.47 Å². The highest BCUT2D eigenvalue weighted by Gasteiger charge is 2.25. The standard InChI is InChI=1S/C30H31F3O3/c1-3-16-35-27-14-12-24(17-26(27)31)22-6-4-20(5-7-22)18-36-28-15-13-25(29(32)30(28)33)23-10-8-21(9-11-23)19(2)34/h3,8-15,17,19-20,22,34H,1,4-7,16,18H2,2H3. The maximum atomic E-state index is 14.8. The first-order chi connectivity index (χ1) is 17.4. The van der Waals surface area contributed by atoms with E-state index in [1.54, 1.807) is 43.3 Å². The Kier molecular flexibility index (Phi) is 8.36. The van der Waals surface area contributed by atoms with Crippen molar-refractivity contribution < 1.29 is 27.8 Å². The van der Waals surface area contributed by atoms with Gasteiger partial charge in [0.1, 0.15) is 6.61 Å².